The third-order valence-corrected chi connectivity index (χ3v) is 15.1. The summed E-state index contributed by atoms with van der Waals surface area (Å²) < 4.78 is 36.6. The first-order chi connectivity index (χ1) is 25.6. The summed E-state index contributed by atoms with van der Waals surface area (Å²) in [6.45, 7) is 16.9. The molecule has 0 spiro atoms. The van der Waals surface area contributed by atoms with E-state index in [1.807, 2.05) is 51.3 Å². The van der Waals surface area contributed by atoms with Crippen molar-refractivity contribution in [1.29, 1.82) is 0 Å². The molecule has 0 aromatic carbocycles. The molecule has 2 amide bonds. The van der Waals surface area contributed by atoms with Crippen LogP contribution in [0.25, 0.3) is 0 Å². The lowest BCUT2D eigenvalue weighted by Crippen LogP contribution is -2.53. The zero-order valence-corrected chi connectivity index (χ0v) is 35.8. The Hall–Kier alpha value is -1.11. The number of hydrogen-bond acceptors (Lipinski definition) is 14. The van der Waals surface area contributed by atoms with Crippen LogP contribution in [0.2, 0.25) is 12.1 Å². The fourth-order valence-corrected chi connectivity index (χ4v) is 11.7. The molecule has 0 unspecified atom stereocenters. The standard InChI is InChI=1S/C35H76N4O12Si2/c1-7-46-52(47-8-2,48-9-3)31-13-17-35(18-14-32-53(49-10-4,50-11-5)51-12-6,33(44)36-19-15-21-38(23-27-40)24-28-41)34(45)37-20-16-22-39(25-29-42)26-30-43/h40-43H,7-32H2,1-6H3,(H,36,44)(H,37,45). The molecule has 0 aliphatic rings. The summed E-state index contributed by atoms with van der Waals surface area (Å²) in [5.74, 6) is -0.776. The highest BCUT2D eigenvalue weighted by molar-refractivity contribution is 6.61. The molecule has 0 bridgehead atoms. The lowest BCUT2D eigenvalue weighted by molar-refractivity contribution is -0.145. The average Bonchev–Trinajstić information content (AvgIpc) is 3.12. The lowest BCUT2D eigenvalue weighted by atomic mass is 9.77. The zero-order chi connectivity index (χ0) is 39.9. The molecule has 0 heterocycles. The maximum absolute atomic E-state index is 14.5. The highest BCUT2D eigenvalue weighted by atomic mass is 28.4. The molecule has 0 aromatic rings. The van der Waals surface area contributed by atoms with Crippen LogP contribution in [0.1, 0.15) is 80.1 Å². The van der Waals surface area contributed by atoms with Crippen LogP contribution in [0.5, 0.6) is 0 Å². The lowest BCUT2D eigenvalue weighted by Gasteiger charge is -2.35. The van der Waals surface area contributed by atoms with Crippen LogP contribution >= 0.6 is 0 Å². The van der Waals surface area contributed by atoms with Crippen molar-refractivity contribution in [2.45, 2.75) is 92.2 Å². The van der Waals surface area contributed by atoms with Gasteiger partial charge >= 0.3 is 17.6 Å². The number of carbonyl (C=O) groups is 2. The highest BCUT2D eigenvalue weighted by Crippen LogP contribution is 2.36. The molecule has 16 nitrogen and oxygen atoms in total. The van der Waals surface area contributed by atoms with Gasteiger partial charge in [-0.15, -0.1) is 0 Å². The van der Waals surface area contributed by atoms with E-state index < -0.39 is 23.0 Å². The third kappa shape index (κ3) is 20.6. The van der Waals surface area contributed by atoms with Gasteiger partial charge in [0.25, 0.3) is 0 Å². The number of aliphatic hydroxyl groups excluding tert-OH is 4. The summed E-state index contributed by atoms with van der Waals surface area (Å²) in [5.41, 5.74) is -1.47. The maximum atomic E-state index is 14.5. The van der Waals surface area contributed by atoms with Gasteiger partial charge in [-0.3, -0.25) is 19.4 Å². The second-order valence-electron chi connectivity index (χ2n) is 12.5. The van der Waals surface area contributed by atoms with Gasteiger partial charge in [0.1, 0.15) is 5.41 Å². The van der Waals surface area contributed by atoms with Crippen molar-refractivity contribution in [1.82, 2.24) is 20.4 Å². The first-order valence-electron chi connectivity index (χ1n) is 19.9. The summed E-state index contributed by atoms with van der Waals surface area (Å²) in [7, 11) is -6.17. The second-order valence-corrected chi connectivity index (χ2v) is 18.0. The highest BCUT2D eigenvalue weighted by Gasteiger charge is 2.48. The van der Waals surface area contributed by atoms with Gasteiger partial charge in [-0.25, -0.2) is 0 Å². The first-order valence-corrected chi connectivity index (χ1v) is 23.8. The summed E-state index contributed by atoms with van der Waals surface area (Å²) in [6.07, 6.45) is 2.39. The molecule has 0 aromatic heterocycles. The Morgan fingerprint density at radius 1 is 0.491 bits per heavy atom. The Morgan fingerprint density at radius 2 is 0.774 bits per heavy atom. The molecule has 53 heavy (non-hydrogen) atoms. The summed E-state index contributed by atoms with van der Waals surface area (Å²) >= 11 is 0. The smallest absolute Gasteiger partial charge is 0.395 e. The summed E-state index contributed by atoms with van der Waals surface area (Å²) in [5, 5.41) is 43.8. The quantitative estimate of drug-likeness (QED) is 0.0296. The molecule has 0 rings (SSSR count). The molecular weight excluding hydrogens is 725 g/mol. The van der Waals surface area contributed by atoms with Crippen molar-refractivity contribution in [3.8, 4) is 0 Å². The Bertz CT molecular complexity index is 799. The van der Waals surface area contributed by atoms with E-state index in [9.17, 15) is 30.0 Å². The van der Waals surface area contributed by atoms with Gasteiger partial charge in [-0.1, -0.05) is 0 Å². The van der Waals surface area contributed by atoms with Crippen molar-refractivity contribution in [2.75, 3.05) is 118 Å². The maximum Gasteiger partial charge on any atom is 0.500 e. The molecule has 0 saturated heterocycles. The average molecular weight is 801 g/mol. The van der Waals surface area contributed by atoms with Crippen LogP contribution < -0.4 is 10.6 Å². The normalized spacial score (nSPS) is 12.6. The molecule has 0 atom stereocenters. The van der Waals surface area contributed by atoms with E-state index >= 15 is 0 Å². The largest absolute Gasteiger partial charge is 0.500 e. The van der Waals surface area contributed by atoms with Crippen LogP contribution in [0, 0.1) is 5.41 Å². The van der Waals surface area contributed by atoms with E-state index in [1.54, 1.807) is 0 Å². The van der Waals surface area contributed by atoms with E-state index in [0.717, 1.165) is 0 Å². The Kier molecular flexibility index (Phi) is 31.4. The molecular formula is C35H76N4O12Si2. The molecule has 0 saturated carbocycles. The minimum atomic E-state index is -3.09. The van der Waals surface area contributed by atoms with Crippen molar-refractivity contribution >= 4 is 29.4 Å². The topological polar surface area (TPSA) is 201 Å². The number of carbonyl (C=O) groups excluding carboxylic acids is 2. The molecule has 0 aliphatic carbocycles. The monoisotopic (exact) mass is 800 g/mol. The van der Waals surface area contributed by atoms with Crippen molar-refractivity contribution < 1.29 is 56.6 Å². The van der Waals surface area contributed by atoms with Gasteiger partial charge < -0.3 is 57.6 Å². The SMILES string of the molecule is CCO[Si](CCCC(CCC[Si](OCC)(OCC)OCC)(C(=O)NCCCN(CCO)CCO)C(=O)NCCCN(CCO)CCO)(OCC)OCC. The molecule has 0 aliphatic heterocycles. The number of hydrogen-bond donors (Lipinski definition) is 6. The first kappa shape index (κ1) is 51.9. The van der Waals surface area contributed by atoms with Gasteiger partial charge in [0.05, 0.1) is 26.4 Å². The second kappa shape index (κ2) is 32.0. The van der Waals surface area contributed by atoms with Crippen LogP contribution in [-0.4, -0.2) is 178 Å². The van der Waals surface area contributed by atoms with Crippen molar-refractivity contribution in [2.24, 2.45) is 5.41 Å². The third-order valence-electron chi connectivity index (χ3n) is 8.77. The fourth-order valence-electron chi connectivity index (χ4n) is 6.48. The molecule has 6 N–H and O–H groups in total. The van der Waals surface area contributed by atoms with Crippen LogP contribution in [0.3, 0.4) is 0 Å². The van der Waals surface area contributed by atoms with E-state index in [1.165, 1.54) is 0 Å². The Balaban J connectivity index is 6.59. The predicted molar refractivity (Wildman–Crippen MR) is 208 cm³/mol. The van der Waals surface area contributed by atoms with Gasteiger partial charge in [0, 0.05) is 91.0 Å². The number of amides is 2. The number of nitrogens with one attached hydrogen (secondary N) is 2. The van der Waals surface area contributed by atoms with E-state index in [2.05, 4.69) is 10.6 Å². The van der Waals surface area contributed by atoms with Crippen LogP contribution in [0.4, 0.5) is 0 Å². The van der Waals surface area contributed by atoms with Crippen LogP contribution in [0.15, 0.2) is 0 Å². The molecule has 0 radical (unpaired) electrons. The molecule has 18 heteroatoms. The molecule has 0 fully saturated rings. The number of rotatable bonds is 38. The van der Waals surface area contributed by atoms with Crippen molar-refractivity contribution in [3.63, 3.8) is 0 Å². The van der Waals surface area contributed by atoms with Gasteiger partial charge in [0.15, 0.2) is 0 Å². The predicted octanol–water partition coefficient (Wildman–Crippen LogP) is 1.22. The van der Waals surface area contributed by atoms with Crippen LogP contribution in [-0.2, 0) is 36.1 Å². The Morgan fingerprint density at radius 3 is 1.02 bits per heavy atom. The summed E-state index contributed by atoms with van der Waals surface area (Å²) in [4.78, 5) is 32.8. The van der Waals surface area contributed by atoms with E-state index in [-0.39, 0.29) is 51.1 Å². The van der Waals surface area contributed by atoms with Gasteiger partial charge in [0.2, 0.25) is 11.8 Å². The minimum Gasteiger partial charge on any atom is -0.395 e. The van der Waals surface area contributed by atoms with E-state index in [4.69, 9.17) is 26.6 Å². The van der Waals surface area contributed by atoms with E-state index in [0.29, 0.717) is 130 Å². The number of nitrogens with zero attached hydrogens (tertiary/aromatic N) is 2. The van der Waals surface area contributed by atoms with Crippen molar-refractivity contribution in [3.05, 3.63) is 0 Å². The fraction of sp³-hybridized carbons (Fsp3) is 0.943. The number of aliphatic hydroxyl groups is 4. The Labute approximate surface area is 321 Å². The zero-order valence-electron chi connectivity index (χ0n) is 33.8. The molecule has 316 valence electrons. The van der Waals surface area contributed by atoms with Gasteiger partial charge in [-0.05, 0) is 93.2 Å². The minimum absolute atomic E-state index is 0.0422. The van der Waals surface area contributed by atoms with Gasteiger partial charge in [-0.2, -0.15) is 0 Å². The summed E-state index contributed by atoms with van der Waals surface area (Å²) in [6, 6.07) is 0.851.